The lowest BCUT2D eigenvalue weighted by Gasteiger charge is -2.18. The van der Waals surface area contributed by atoms with E-state index in [9.17, 15) is 14.4 Å². The van der Waals surface area contributed by atoms with E-state index in [2.05, 4.69) is 20.6 Å². The molecule has 1 aromatic heterocycles. The normalized spacial score (nSPS) is 15.1. The van der Waals surface area contributed by atoms with Gasteiger partial charge in [-0.15, -0.1) is 5.11 Å². The van der Waals surface area contributed by atoms with Crippen molar-refractivity contribution < 1.29 is 9.53 Å². The molecule has 0 fully saturated rings. The highest BCUT2D eigenvalue weighted by atomic mass is 35.5. The van der Waals surface area contributed by atoms with Crippen LogP contribution in [0.2, 0.25) is 5.02 Å². The van der Waals surface area contributed by atoms with E-state index in [-0.39, 0.29) is 24.4 Å². The highest BCUT2D eigenvalue weighted by Crippen LogP contribution is 2.19. The Morgan fingerprint density at radius 1 is 1.14 bits per heavy atom. The van der Waals surface area contributed by atoms with Crippen LogP contribution < -0.4 is 33.0 Å². The van der Waals surface area contributed by atoms with E-state index in [1.807, 2.05) is 0 Å². The number of halogens is 1. The molecule has 2 heterocycles. The van der Waals surface area contributed by atoms with E-state index in [0.717, 1.165) is 14.8 Å². The number of rotatable bonds is 7. The number of hydrogen-bond acceptors (Lipinski definition) is 9. The first-order valence-electron chi connectivity index (χ1n) is 11.0. The Balaban J connectivity index is 1.64. The minimum atomic E-state index is -0.772. The van der Waals surface area contributed by atoms with Crippen LogP contribution in [-0.4, -0.2) is 31.7 Å². The quantitative estimate of drug-likeness (QED) is 0.310. The van der Waals surface area contributed by atoms with Gasteiger partial charge in [-0.25, -0.2) is 24.7 Å². The highest BCUT2D eigenvalue weighted by Gasteiger charge is 2.16. The minimum Gasteiger partial charge on any atom is -0.466 e. The third kappa shape index (κ3) is 5.56. The SMILES string of the molecule is CCn1c(=O)n(N)c(=Nc2ccc(OC3C=CC(C(=O)N=N)=NN3)cc2)n(Cc2ccc(Cl)cc2)c1=O. The molecule has 2 aromatic carbocycles. The van der Waals surface area contributed by atoms with E-state index in [4.69, 9.17) is 27.7 Å². The number of hydrogen-bond donors (Lipinski definition) is 3. The van der Waals surface area contributed by atoms with Crippen molar-refractivity contribution in [2.24, 2.45) is 15.2 Å². The van der Waals surface area contributed by atoms with Gasteiger partial charge in [0.15, 0.2) is 5.71 Å². The van der Waals surface area contributed by atoms with Crippen LogP contribution in [-0.2, 0) is 17.9 Å². The van der Waals surface area contributed by atoms with E-state index in [0.29, 0.717) is 16.5 Å². The standard InChI is InChI=1S/C23H22ClN9O4/c1-2-31-22(35)32(13-14-3-5-15(24)6-4-14)21(33(26)23(31)36)27-16-7-9-17(10-8-16)37-19-12-11-18(29-30-19)20(34)28-25/h3-12,19,25,30H,2,13,26H2,1H3. The number of carbonyl (C=O) groups is 1. The van der Waals surface area contributed by atoms with Gasteiger partial charge in [0.1, 0.15) is 5.75 Å². The summed E-state index contributed by atoms with van der Waals surface area (Å²) in [5.74, 6) is 5.75. The van der Waals surface area contributed by atoms with Crippen LogP contribution >= 0.6 is 11.6 Å². The van der Waals surface area contributed by atoms with Crippen molar-refractivity contribution in [2.45, 2.75) is 26.2 Å². The second-order valence-electron chi connectivity index (χ2n) is 7.74. The maximum Gasteiger partial charge on any atom is 0.353 e. The Labute approximate surface area is 214 Å². The Morgan fingerprint density at radius 2 is 1.84 bits per heavy atom. The summed E-state index contributed by atoms with van der Waals surface area (Å²) >= 11 is 5.97. The molecule has 0 aliphatic carbocycles. The van der Waals surface area contributed by atoms with E-state index >= 15 is 0 Å². The minimum absolute atomic E-state index is 0.00580. The highest BCUT2D eigenvalue weighted by molar-refractivity contribution is 6.43. The molecule has 13 nitrogen and oxygen atoms in total. The van der Waals surface area contributed by atoms with Gasteiger partial charge < -0.3 is 10.6 Å². The summed E-state index contributed by atoms with van der Waals surface area (Å²) < 4.78 is 8.92. The average molecular weight is 524 g/mol. The lowest BCUT2D eigenvalue weighted by molar-refractivity contribution is -0.112. The molecular weight excluding hydrogens is 502 g/mol. The van der Waals surface area contributed by atoms with E-state index in [1.165, 1.54) is 10.6 Å². The van der Waals surface area contributed by atoms with Gasteiger partial charge in [-0.2, -0.15) is 9.78 Å². The van der Waals surface area contributed by atoms with Gasteiger partial charge in [0.25, 0.3) is 0 Å². The number of nitrogen functional groups attached to an aromatic ring is 1. The number of amides is 1. The van der Waals surface area contributed by atoms with Gasteiger partial charge >= 0.3 is 17.3 Å². The van der Waals surface area contributed by atoms with Crippen LogP contribution in [0.25, 0.3) is 0 Å². The predicted molar refractivity (Wildman–Crippen MR) is 135 cm³/mol. The molecule has 0 spiro atoms. The molecule has 0 bridgehead atoms. The third-order valence-electron chi connectivity index (χ3n) is 5.32. The molecule has 1 amide bonds. The van der Waals surface area contributed by atoms with Crippen molar-refractivity contribution in [3.05, 3.63) is 97.9 Å². The molecule has 14 heteroatoms. The summed E-state index contributed by atoms with van der Waals surface area (Å²) in [6, 6.07) is 13.5. The summed E-state index contributed by atoms with van der Waals surface area (Å²) in [5, 5.41) is 7.18. The summed E-state index contributed by atoms with van der Waals surface area (Å²) in [4.78, 5) is 41.6. The summed E-state index contributed by atoms with van der Waals surface area (Å²) in [6.07, 6.45) is 2.31. The van der Waals surface area contributed by atoms with Crippen molar-refractivity contribution in [2.75, 3.05) is 5.84 Å². The zero-order valence-corrected chi connectivity index (χ0v) is 20.3. The largest absolute Gasteiger partial charge is 0.466 e. The fraction of sp³-hybridized carbons (Fsp3) is 0.174. The van der Waals surface area contributed by atoms with Crippen molar-refractivity contribution in [3.8, 4) is 5.75 Å². The molecule has 190 valence electrons. The molecule has 0 saturated heterocycles. The number of aromatic nitrogens is 3. The molecule has 4 rings (SSSR count). The zero-order valence-electron chi connectivity index (χ0n) is 19.5. The van der Waals surface area contributed by atoms with Gasteiger partial charge in [-0.1, -0.05) is 23.7 Å². The van der Waals surface area contributed by atoms with Crippen LogP contribution in [0.1, 0.15) is 12.5 Å². The van der Waals surface area contributed by atoms with Crippen molar-refractivity contribution in [1.29, 1.82) is 5.53 Å². The zero-order chi connectivity index (χ0) is 26.5. The molecular formula is C23H22ClN9O4. The Hall–Kier alpha value is -4.78. The van der Waals surface area contributed by atoms with Gasteiger partial charge in [0.05, 0.1) is 12.2 Å². The molecule has 0 saturated carbocycles. The number of ether oxygens (including phenoxy) is 1. The third-order valence-corrected chi connectivity index (χ3v) is 5.57. The van der Waals surface area contributed by atoms with E-state index in [1.54, 1.807) is 61.5 Å². The number of hydrazone groups is 1. The molecule has 0 radical (unpaired) electrons. The van der Waals surface area contributed by atoms with Crippen molar-refractivity contribution in [1.82, 2.24) is 19.2 Å². The lowest BCUT2D eigenvalue weighted by Crippen LogP contribution is -2.57. The van der Waals surface area contributed by atoms with Crippen molar-refractivity contribution >= 4 is 28.9 Å². The average Bonchev–Trinajstić information content (AvgIpc) is 2.91. The first-order valence-corrected chi connectivity index (χ1v) is 11.4. The number of nitrogens with two attached hydrogens (primary N) is 1. The van der Waals surface area contributed by atoms with Gasteiger partial charge in [0, 0.05) is 11.6 Å². The number of benzene rings is 2. The molecule has 1 unspecified atom stereocenters. The lowest BCUT2D eigenvalue weighted by atomic mass is 10.2. The second kappa shape index (κ2) is 10.9. The molecule has 1 aliphatic heterocycles. The van der Waals surface area contributed by atoms with Crippen molar-refractivity contribution in [3.63, 3.8) is 0 Å². The monoisotopic (exact) mass is 523 g/mol. The fourth-order valence-corrected chi connectivity index (χ4v) is 3.58. The van der Waals surface area contributed by atoms with E-state index < -0.39 is 23.5 Å². The van der Waals surface area contributed by atoms with Crippen LogP contribution in [0.4, 0.5) is 5.69 Å². The number of carbonyl (C=O) groups excluding carboxylic acids is 1. The van der Waals surface area contributed by atoms with Crippen LogP contribution in [0.3, 0.4) is 0 Å². The summed E-state index contributed by atoms with van der Waals surface area (Å²) in [5.41, 5.74) is 9.30. The predicted octanol–water partition coefficient (Wildman–Crippen LogP) is 1.26. The Morgan fingerprint density at radius 3 is 2.43 bits per heavy atom. The maximum absolute atomic E-state index is 13.1. The molecule has 1 atom stereocenters. The number of nitrogens with zero attached hydrogens (tertiary/aromatic N) is 6. The topological polar surface area (TPSA) is 174 Å². The molecule has 4 N–H and O–H groups in total. The van der Waals surface area contributed by atoms with Crippen LogP contribution in [0, 0.1) is 5.53 Å². The smallest absolute Gasteiger partial charge is 0.353 e. The summed E-state index contributed by atoms with van der Waals surface area (Å²) in [7, 11) is 0. The van der Waals surface area contributed by atoms with Gasteiger partial charge in [-0.05, 0) is 61.0 Å². The van der Waals surface area contributed by atoms with Gasteiger partial charge in [-0.3, -0.25) is 14.8 Å². The Kier molecular flexibility index (Phi) is 7.44. The second-order valence-corrected chi connectivity index (χ2v) is 8.17. The Bertz CT molecular complexity index is 1580. The fourth-order valence-electron chi connectivity index (χ4n) is 3.45. The maximum atomic E-state index is 13.1. The number of nitrogens with one attached hydrogen (secondary N) is 2. The molecule has 37 heavy (non-hydrogen) atoms. The molecule has 3 aromatic rings. The first kappa shape index (κ1) is 25.3. The van der Waals surface area contributed by atoms with Gasteiger partial charge in [0.2, 0.25) is 11.8 Å². The van der Waals surface area contributed by atoms with Crippen LogP contribution in [0.15, 0.2) is 85.5 Å². The summed E-state index contributed by atoms with van der Waals surface area (Å²) in [6.45, 7) is 1.94. The van der Waals surface area contributed by atoms with Crippen LogP contribution in [0.5, 0.6) is 5.75 Å². The molecule has 1 aliphatic rings. The first-order chi connectivity index (χ1) is 17.8.